The van der Waals surface area contributed by atoms with Gasteiger partial charge in [-0.2, -0.15) is 0 Å². The lowest BCUT2D eigenvalue weighted by Gasteiger charge is -2.17. The Kier molecular flexibility index (Phi) is 7.74. The van der Waals surface area contributed by atoms with Gasteiger partial charge < -0.3 is 0 Å². The van der Waals surface area contributed by atoms with Crippen molar-refractivity contribution in [3.05, 3.63) is 114 Å². The third-order valence-electron chi connectivity index (χ3n) is 4.44. The summed E-state index contributed by atoms with van der Waals surface area (Å²) in [4.78, 5) is 0. The minimum Gasteiger partial charge on any atom is -0.222 e. The lowest BCUT2D eigenvalue weighted by molar-refractivity contribution is -2.00. The summed E-state index contributed by atoms with van der Waals surface area (Å²) in [6.45, 7) is 2.07. The van der Waals surface area contributed by atoms with Gasteiger partial charge in [-0.25, -0.2) is 23.1 Å². The SMILES string of the molecule is Cc1c(C#Cc2ccccc2)cc(-c2ccccc2)[o+]c1-c1ccccc1.[O-][Cl+3]([O-])([O-])[O-]. The maximum atomic E-state index is 8.49. The van der Waals surface area contributed by atoms with Crippen molar-refractivity contribution in [2.24, 2.45) is 0 Å². The Hall–Kier alpha value is -3.50. The zero-order chi connectivity index (χ0) is 23.0. The molecule has 0 aliphatic heterocycles. The van der Waals surface area contributed by atoms with Crippen LogP contribution in [0.4, 0.5) is 0 Å². The number of benzene rings is 3. The zero-order valence-corrected chi connectivity index (χ0v) is 17.9. The van der Waals surface area contributed by atoms with Crippen LogP contribution < -0.4 is 18.6 Å². The van der Waals surface area contributed by atoms with E-state index in [0.29, 0.717) is 0 Å². The van der Waals surface area contributed by atoms with Gasteiger partial charge >= 0.3 is 11.5 Å². The van der Waals surface area contributed by atoms with Gasteiger partial charge in [-0.15, -0.1) is 10.2 Å². The summed E-state index contributed by atoms with van der Waals surface area (Å²) in [7, 11) is -4.94. The van der Waals surface area contributed by atoms with Crippen LogP contribution >= 0.6 is 0 Å². The van der Waals surface area contributed by atoms with E-state index in [0.717, 1.165) is 39.3 Å². The summed E-state index contributed by atoms with van der Waals surface area (Å²) in [5.41, 5.74) is 5.11. The van der Waals surface area contributed by atoms with E-state index in [2.05, 4.69) is 43.0 Å². The van der Waals surface area contributed by atoms with Crippen molar-refractivity contribution in [2.45, 2.75) is 6.92 Å². The highest BCUT2D eigenvalue weighted by Gasteiger charge is 2.23. The maximum Gasteiger partial charge on any atom is 0.364 e. The van der Waals surface area contributed by atoms with Gasteiger partial charge in [0.25, 0.3) is 0 Å². The van der Waals surface area contributed by atoms with E-state index in [-0.39, 0.29) is 0 Å². The van der Waals surface area contributed by atoms with E-state index in [1.165, 1.54) is 0 Å². The topological polar surface area (TPSA) is 104 Å². The van der Waals surface area contributed by atoms with Crippen molar-refractivity contribution in [1.82, 2.24) is 0 Å². The molecule has 0 unspecified atom stereocenters. The van der Waals surface area contributed by atoms with Crippen molar-refractivity contribution in [1.29, 1.82) is 0 Å². The molecule has 0 amide bonds. The van der Waals surface area contributed by atoms with Gasteiger partial charge in [-0.05, 0) is 43.3 Å². The van der Waals surface area contributed by atoms with Crippen LogP contribution in [0.3, 0.4) is 0 Å². The van der Waals surface area contributed by atoms with Crippen molar-refractivity contribution >= 4 is 0 Å². The molecule has 6 heteroatoms. The Labute approximate surface area is 188 Å². The average Bonchev–Trinajstić information content (AvgIpc) is 2.79. The Bertz CT molecular complexity index is 1200. The van der Waals surface area contributed by atoms with Crippen LogP contribution in [0.1, 0.15) is 16.7 Å². The molecule has 1 aromatic heterocycles. The minimum absolute atomic E-state index is 0.817. The van der Waals surface area contributed by atoms with E-state index >= 15 is 0 Å². The molecule has 4 rings (SSSR count). The fraction of sp³-hybridized carbons (Fsp3) is 0.0385. The van der Waals surface area contributed by atoms with Crippen molar-refractivity contribution in [3.63, 3.8) is 0 Å². The van der Waals surface area contributed by atoms with Crippen LogP contribution in [0, 0.1) is 29.0 Å². The molecule has 4 aromatic rings. The van der Waals surface area contributed by atoms with Gasteiger partial charge in [-0.1, -0.05) is 66.4 Å². The van der Waals surface area contributed by atoms with Gasteiger partial charge in [0.2, 0.25) is 0 Å². The maximum absolute atomic E-state index is 8.49. The largest absolute Gasteiger partial charge is 0.364 e. The molecule has 0 spiro atoms. The van der Waals surface area contributed by atoms with Crippen LogP contribution in [-0.2, 0) is 0 Å². The zero-order valence-electron chi connectivity index (χ0n) is 17.2. The molecule has 0 saturated heterocycles. The summed E-state index contributed by atoms with van der Waals surface area (Å²) in [5, 5.41) is 0. The predicted molar refractivity (Wildman–Crippen MR) is 111 cm³/mol. The highest BCUT2D eigenvalue weighted by atomic mass is 35.7. The van der Waals surface area contributed by atoms with Gasteiger partial charge in [0.1, 0.15) is 0 Å². The molecule has 0 bridgehead atoms. The quantitative estimate of drug-likeness (QED) is 0.345. The van der Waals surface area contributed by atoms with E-state index in [4.69, 9.17) is 23.1 Å². The van der Waals surface area contributed by atoms with Gasteiger partial charge in [0, 0.05) is 11.1 Å². The molecule has 0 N–H and O–H groups in total. The molecule has 0 atom stereocenters. The molecule has 32 heavy (non-hydrogen) atoms. The fourth-order valence-electron chi connectivity index (χ4n) is 2.98. The second kappa shape index (κ2) is 10.7. The highest BCUT2D eigenvalue weighted by molar-refractivity contribution is 5.69. The van der Waals surface area contributed by atoms with E-state index in [9.17, 15) is 0 Å². The molecule has 0 aliphatic carbocycles. The number of rotatable bonds is 2. The van der Waals surface area contributed by atoms with Crippen molar-refractivity contribution in [3.8, 4) is 34.5 Å². The Morgan fingerprint density at radius 2 is 1.12 bits per heavy atom. The second-order valence-electron chi connectivity index (χ2n) is 6.70. The molecule has 3 aromatic carbocycles. The third kappa shape index (κ3) is 7.03. The van der Waals surface area contributed by atoms with Crippen LogP contribution in [0.15, 0.2) is 101 Å². The lowest BCUT2D eigenvalue weighted by Crippen LogP contribution is -2.68. The first-order valence-corrected chi connectivity index (χ1v) is 10.8. The van der Waals surface area contributed by atoms with Crippen LogP contribution in [0.25, 0.3) is 22.6 Å². The number of hydrogen-bond donors (Lipinski definition) is 0. The van der Waals surface area contributed by atoms with Crippen LogP contribution in [-0.4, -0.2) is 0 Å². The average molecular weight is 447 g/mol. The first kappa shape index (κ1) is 23.2. The molecule has 1 heterocycles. The van der Waals surface area contributed by atoms with Gasteiger partial charge in [0.15, 0.2) is 0 Å². The summed E-state index contributed by atoms with van der Waals surface area (Å²) in [6, 6.07) is 32.4. The number of hydrogen-bond acceptors (Lipinski definition) is 4. The van der Waals surface area contributed by atoms with Crippen LogP contribution in [0.5, 0.6) is 0 Å². The second-order valence-corrected chi connectivity index (χ2v) is 7.46. The summed E-state index contributed by atoms with van der Waals surface area (Å²) in [5.74, 6) is 8.28. The molecular formula is C26H19ClO5. The first-order valence-electron chi connectivity index (χ1n) is 9.58. The summed E-state index contributed by atoms with van der Waals surface area (Å²) >= 11 is 0. The number of halogens is 1. The predicted octanol–water partition coefficient (Wildman–Crippen LogP) is 1.85. The summed E-state index contributed by atoms with van der Waals surface area (Å²) in [6.07, 6.45) is 0. The smallest absolute Gasteiger partial charge is 0.222 e. The van der Waals surface area contributed by atoms with Crippen molar-refractivity contribution < 1.29 is 33.3 Å². The van der Waals surface area contributed by atoms with Gasteiger partial charge in [-0.3, -0.25) is 0 Å². The lowest BCUT2D eigenvalue weighted by atomic mass is 10.0. The molecule has 5 nitrogen and oxygen atoms in total. The van der Waals surface area contributed by atoms with E-state index in [1.807, 2.05) is 72.8 Å². The molecule has 0 saturated carbocycles. The standard InChI is InChI=1S/C26H19O.ClHO4/c1-20-24(18-17-21-11-5-2-6-12-21)19-25(22-13-7-3-8-14-22)27-26(20)23-15-9-4-10-16-23;2-1(3,4)5/h2-16,19H,1H3;(H,2,3,4,5)/q+1;/p-1. The molecule has 160 valence electrons. The summed E-state index contributed by atoms with van der Waals surface area (Å²) < 4.78 is 40.3. The Balaban J connectivity index is 0.000000523. The molecule has 0 fully saturated rings. The minimum atomic E-state index is -4.94. The molecular weight excluding hydrogens is 428 g/mol. The van der Waals surface area contributed by atoms with Crippen molar-refractivity contribution in [2.75, 3.05) is 0 Å². The Morgan fingerprint density at radius 1 is 0.656 bits per heavy atom. The van der Waals surface area contributed by atoms with E-state index in [1.54, 1.807) is 0 Å². The fourth-order valence-corrected chi connectivity index (χ4v) is 2.98. The van der Waals surface area contributed by atoms with Gasteiger partial charge in [0.05, 0.1) is 22.8 Å². The molecule has 0 radical (unpaired) electrons. The normalized spacial score (nSPS) is 10.4. The molecule has 0 aliphatic rings. The third-order valence-corrected chi connectivity index (χ3v) is 4.44. The monoisotopic (exact) mass is 446 g/mol. The van der Waals surface area contributed by atoms with Crippen LogP contribution in [0.2, 0.25) is 0 Å². The van der Waals surface area contributed by atoms with E-state index < -0.39 is 10.2 Å². The Morgan fingerprint density at radius 3 is 1.66 bits per heavy atom. The highest BCUT2D eigenvalue weighted by Crippen LogP contribution is 2.31. The first-order chi connectivity index (χ1) is 15.3.